The number of aliphatic carboxylic acids is 1. The van der Waals surface area contributed by atoms with Crippen LogP contribution in [0, 0.1) is 5.92 Å². The molecule has 0 radical (unpaired) electrons. The molecular weight excluding hydrogens is 316 g/mol. The number of hydrogen-bond acceptors (Lipinski definition) is 4. The number of amides is 1. The Morgan fingerprint density at radius 2 is 1.64 bits per heavy atom. The molecule has 0 aliphatic heterocycles. The molecule has 128 valence electrons. The Balaban J connectivity index is 1.65. The van der Waals surface area contributed by atoms with Crippen LogP contribution in [0.1, 0.15) is 36.3 Å². The van der Waals surface area contributed by atoms with E-state index in [0.29, 0.717) is 5.71 Å². The van der Waals surface area contributed by atoms with Crippen LogP contribution in [-0.2, 0) is 9.59 Å². The van der Waals surface area contributed by atoms with E-state index in [4.69, 9.17) is 0 Å². The standard InChI is InChI=1S/C20H20N2O3/c23-19(24)12-11-18(15-9-5-2-6-10-15)21-22-20(25)17-13-16(17)14-7-3-1-4-8-14/h1-10,16-17H,11-13H2,(H,22,25)(H,23,24)/p-1/b21-18-/t16-,17+/m0/s1. The van der Waals surface area contributed by atoms with Gasteiger partial charge in [0.05, 0.1) is 5.71 Å². The van der Waals surface area contributed by atoms with Crippen molar-refractivity contribution in [3.63, 3.8) is 0 Å². The maximum absolute atomic E-state index is 12.3. The van der Waals surface area contributed by atoms with Gasteiger partial charge in [-0.05, 0) is 36.3 Å². The number of rotatable bonds is 7. The summed E-state index contributed by atoms with van der Waals surface area (Å²) in [5.74, 6) is -1.11. The predicted molar refractivity (Wildman–Crippen MR) is 92.7 cm³/mol. The lowest BCUT2D eigenvalue weighted by Crippen LogP contribution is -2.25. The van der Waals surface area contributed by atoms with Crippen molar-refractivity contribution >= 4 is 17.6 Å². The molecule has 0 spiro atoms. The Morgan fingerprint density at radius 3 is 2.28 bits per heavy atom. The van der Waals surface area contributed by atoms with Crippen molar-refractivity contribution in [3.8, 4) is 0 Å². The molecule has 5 nitrogen and oxygen atoms in total. The Hall–Kier alpha value is -2.95. The van der Waals surface area contributed by atoms with Gasteiger partial charge in [0, 0.05) is 11.9 Å². The van der Waals surface area contributed by atoms with Crippen molar-refractivity contribution in [3.05, 3.63) is 71.8 Å². The highest BCUT2D eigenvalue weighted by Crippen LogP contribution is 2.47. The number of carboxylic acids is 1. The molecule has 2 atom stereocenters. The fourth-order valence-corrected chi connectivity index (χ4v) is 2.87. The van der Waals surface area contributed by atoms with Crippen molar-refractivity contribution in [1.82, 2.24) is 5.43 Å². The van der Waals surface area contributed by atoms with E-state index >= 15 is 0 Å². The van der Waals surface area contributed by atoms with Gasteiger partial charge in [0.2, 0.25) is 5.91 Å². The molecule has 0 unspecified atom stereocenters. The molecule has 1 N–H and O–H groups in total. The number of hydrazone groups is 1. The monoisotopic (exact) mass is 335 g/mol. The molecule has 2 aromatic rings. The normalized spacial score (nSPS) is 19.3. The summed E-state index contributed by atoms with van der Waals surface area (Å²) in [5, 5.41) is 14.9. The average Bonchev–Trinajstić information content (AvgIpc) is 3.44. The fourth-order valence-electron chi connectivity index (χ4n) is 2.87. The zero-order valence-electron chi connectivity index (χ0n) is 13.7. The highest BCUT2D eigenvalue weighted by molar-refractivity contribution is 6.02. The van der Waals surface area contributed by atoms with Gasteiger partial charge in [-0.3, -0.25) is 4.79 Å². The van der Waals surface area contributed by atoms with Crippen LogP contribution >= 0.6 is 0 Å². The highest BCUT2D eigenvalue weighted by Gasteiger charge is 2.43. The Labute approximate surface area is 146 Å². The van der Waals surface area contributed by atoms with Crippen molar-refractivity contribution < 1.29 is 14.7 Å². The molecule has 0 saturated heterocycles. The lowest BCUT2D eigenvalue weighted by Gasteiger charge is -2.08. The van der Waals surface area contributed by atoms with E-state index in [0.717, 1.165) is 17.5 Å². The van der Waals surface area contributed by atoms with E-state index in [1.165, 1.54) is 0 Å². The van der Waals surface area contributed by atoms with E-state index in [2.05, 4.69) is 10.5 Å². The maximum atomic E-state index is 12.3. The first-order valence-electron chi connectivity index (χ1n) is 8.32. The highest BCUT2D eigenvalue weighted by atomic mass is 16.4. The molecule has 0 bridgehead atoms. The van der Waals surface area contributed by atoms with Gasteiger partial charge in [-0.1, -0.05) is 60.7 Å². The minimum absolute atomic E-state index is 0.0793. The van der Waals surface area contributed by atoms with E-state index < -0.39 is 5.97 Å². The van der Waals surface area contributed by atoms with Crippen LogP contribution < -0.4 is 10.5 Å². The first kappa shape index (κ1) is 16.9. The van der Waals surface area contributed by atoms with Gasteiger partial charge in [-0.15, -0.1) is 0 Å². The summed E-state index contributed by atoms with van der Waals surface area (Å²) in [7, 11) is 0. The molecule has 1 aliphatic carbocycles. The second-order valence-corrected chi connectivity index (χ2v) is 6.13. The Bertz CT molecular complexity index is 772. The summed E-state index contributed by atoms with van der Waals surface area (Å²) in [4.78, 5) is 23.1. The number of carbonyl (C=O) groups is 2. The first-order chi connectivity index (χ1) is 12.1. The van der Waals surface area contributed by atoms with Gasteiger partial charge in [0.1, 0.15) is 0 Å². The van der Waals surface area contributed by atoms with Gasteiger partial charge >= 0.3 is 0 Å². The quantitative estimate of drug-likeness (QED) is 0.619. The maximum Gasteiger partial charge on any atom is 0.243 e. The van der Waals surface area contributed by atoms with E-state index in [9.17, 15) is 14.7 Å². The second-order valence-electron chi connectivity index (χ2n) is 6.13. The molecule has 2 aromatic carbocycles. The second kappa shape index (κ2) is 7.75. The summed E-state index contributed by atoms with van der Waals surface area (Å²) >= 11 is 0. The first-order valence-corrected chi connectivity index (χ1v) is 8.32. The summed E-state index contributed by atoms with van der Waals surface area (Å²) in [6.07, 6.45) is 0.879. The number of carboxylic acid groups (broad SMARTS) is 1. The van der Waals surface area contributed by atoms with Crippen LogP contribution in [-0.4, -0.2) is 17.6 Å². The van der Waals surface area contributed by atoms with Gasteiger partial charge in [-0.25, -0.2) is 5.43 Å². The van der Waals surface area contributed by atoms with Crippen LogP contribution in [0.3, 0.4) is 0 Å². The molecule has 0 aromatic heterocycles. The molecule has 1 amide bonds. The smallest absolute Gasteiger partial charge is 0.243 e. The van der Waals surface area contributed by atoms with Crippen LogP contribution in [0.15, 0.2) is 65.8 Å². The van der Waals surface area contributed by atoms with Crippen LogP contribution in [0.25, 0.3) is 0 Å². The molecule has 25 heavy (non-hydrogen) atoms. The summed E-state index contributed by atoms with van der Waals surface area (Å²) in [6, 6.07) is 19.2. The number of nitrogens with zero attached hydrogens (tertiary/aromatic N) is 1. The minimum Gasteiger partial charge on any atom is -0.550 e. The summed E-state index contributed by atoms with van der Waals surface area (Å²) < 4.78 is 0. The number of nitrogens with one attached hydrogen (secondary N) is 1. The largest absolute Gasteiger partial charge is 0.550 e. The summed E-state index contributed by atoms with van der Waals surface area (Å²) in [6.45, 7) is 0. The summed E-state index contributed by atoms with van der Waals surface area (Å²) in [5.41, 5.74) is 5.09. The van der Waals surface area contributed by atoms with Crippen molar-refractivity contribution in [2.75, 3.05) is 0 Å². The molecule has 0 heterocycles. The van der Waals surface area contributed by atoms with Gasteiger partial charge in [-0.2, -0.15) is 5.10 Å². The molecule has 1 fully saturated rings. The van der Waals surface area contributed by atoms with Crippen LogP contribution in [0.4, 0.5) is 0 Å². The molecule has 1 aliphatic rings. The number of hydrogen-bond donors (Lipinski definition) is 1. The van der Waals surface area contributed by atoms with Crippen molar-refractivity contribution in [2.45, 2.75) is 25.2 Å². The molecule has 1 saturated carbocycles. The van der Waals surface area contributed by atoms with Crippen LogP contribution in [0.2, 0.25) is 0 Å². The van der Waals surface area contributed by atoms with Crippen molar-refractivity contribution in [1.29, 1.82) is 0 Å². The molecule has 5 heteroatoms. The van der Waals surface area contributed by atoms with Crippen LogP contribution in [0.5, 0.6) is 0 Å². The van der Waals surface area contributed by atoms with E-state index in [-0.39, 0.29) is 30.6 Å². The third-order valence-corrected chi connectivity index (χ3v) is 4.33. The topological polar surface area (TPSA) is 81.6 Å². The third-order valence-electron chi connectivity index (χ3n) is 4.33. The van der Waals surface area contributed by atoms with Gasteiger partial charge in [0.15, 0.2) is 0 Å². The molecular formula is C20H19N2O3-. The fraction of sp³-hybridized carbons (Fsp3) is 0.250. The lowest BCUT2D eigenvalue weighted by atomic mass is 10.1. The average molecular weight is 335 g/mol. The zero-order valence-corrected chi connectivity index (χ0v) is 13.7. The van der Waals surface area contributed by atoms with Gasteiger partial charge in [0.25, 0.3) is 0 Å². The van der Waals surface area contributed by atoms with E-state index in [1.807, 2.05) is 60.7 Å². The lowest BCUT2D eigenvalue weighted by molar-refractivity contribution is -0.305. The number of carbonyl (C=O) groups excluding carboxylic acids is 2. The SMILES string of the molecule is O=C([O-])CC/C(=N/NC(=O)[C@@H]1C[C@H]1c1ccccc1)c1ccccc1. The van der Waals surface area contributed by atoms with Crippen molar-refractivity contribution in [2.24, 2.45) is 11.0 Å². The predicted octanol–water partition coefficient (Wildman–Crippen LogP) is 1.84. The molecule has 3 rings (SSSR count). The third kappa shape index (κ3) is 4.53. The minimum atomic E-state index is -1.14. The Morgan fingerprint density at radius 1 is 1.00 bits per heavy atom. The zero-order chi connectivity index (χ0) is 17.6. The number of benzene rings is 2. The van der Waals surface area contributed by atoms with Gasteiger partial charge < -0.3 is 9.90 Å². The van der Waals surface area contributed by atoms with E-state index in [1.54, 1.807) is 0 Å². The Kier molecular flexibility index (Phi) is 5.23.